The summed E-state index contributed by atoms with van der Waals surface area (Å²) in [5.41, 5.74) is 9.90. The normalized spacial score (nSPS) is 10.7. The number of carbonyl (C=O) groups excluding carboxylic acids is 1. The zero-order chi connectivity index (χ0) is 16.8. The number of carbonyl (C=O) groups is 1. The van der Waals surface area contributed by atoms with Crippen molar-refractivity contribution in [3.63, 3.8) is 0 Å². The molecule has 0 radical (unpaired) electrons. The van der Waals surface area contributed by atoms with Gasteiger partial charge in [-0.05, 0) is 29.8 Å². The highest BCUT2D eigenvalue weighted by Gasteiger charge is 2.08. The topological polar surface area (TPSA) is 96.9 Å². The summed E-state index contributed by atoms with van der Waals surface area (Å²) in [7, 11) is 1.46. The number of hydrazone groups is 1. The molecule has 0 spiro atoms. The average molecular weight is 378 g/mol. The number of nitrogens with two attached hydrogens (primary N) is 1. The molecule has 0 aliphatic rings. The highest BCUT2D eigenvalue weighted by molar-refractivity contribution is 9.10. The third-order valence-corrected chi connectivity index (χ3v) is 3.48. The van der Waals surface area contributed by atoms with E-state index in [1.165, 1.54) is 13.3 Å². The van der Waals surface area contributed by atoms with Crippen LogP contribution in [0.2, 0.25) is 0 Å². The van der Waals surface area contributed by atoms with Crippen LogP contribution in [0.1, 0.15) is 11.1 Å². The van der Waals surface area contributed by atoms with Crippen molar-refractivity contribution in [2.45, 2.75) is 6.42 Å². The number of hydrogen-bond acceptors (Lipinski definition) is 5. The van der Waals surface area contributed by atoms with Gasteiger partial charge in [-0.2, -0.15) is 5.10 Å². The minimum Gasteiger partial charge on any atom is -0.504 e. The van der Waals surface area contributed by atoms with Gasteiger partial charge in [-0.1, -0.05) is 28.1 Å². The van der Waals surface area contributed by atoms with E-state index in [9.17, 15) is 9.90 Å². The molecule has 0 aliphatic heterocycles. The smallest absolute Gasteiger partial charge is 0.244 e. The van der Waals surface area contributed by atoms with E-state index in [-0.39, 0.29) is 18.1 Å². The van der Waals surface area contributed by atoms with Gasteiger partial charge in [0.2, 0.25) is 5.91 Å². The zero-order valence-electron chi connectivity index (χ0n) is 12.4. The molecule has 2 aromatic carbocycles. The monoisotopic (exact) mass is 377 g/mol. The van der Waals surface area contributed by atoms with Crippen molar-refractivity contribution in [2.75, 3.05) is 12.8 Å². The molecule has 0 saturated heterocycles. The average Bonchev–Trinajstić information content (AvgIpc) is 2.52. The zero-order valence-corrected chi connectivity index (χ0v) is 14.0. The Balaban J connectivity index is 2.00. The predicted molar refractivity (Wildman–Crippen MR) is 92.7 cm³/mol. The van der Waals surface area contributed by atoms with Gasteiger partial charge in [-0.15, -0.1) is 0 Å². The van der Waals surface area contributed by atoms with Crippen molar-refractivity contribution in [1.82, 2.24) is 5.43 Å². The van der Waals surface area contributed by atoms with Crippen LogP contribution in [0, 0.1) is 0 Å². The molecule has 2 rings (SSSR count). The standard InChI is InChI=1S/C16H16BrN3O3/c1-23-14-8-12(17)7-11(16(14)22)9-19-20-15(21)6-10-2-4-13(18)5-3-10/h2-5,7-9,22H,6,18H2,1H3,(H,20,21)/b19-9-. The summed E-state index contributed by atoms with van der Waals surface area (Å²) in [6, 6.07) is 10.3. The maximum atomic E-state index is 11.8. The van der Waals surface area contributed by atoms with Gasteiger partial charge in [0.1, 0.15) is 0 Å². The number of phenolic OH excluding ortho intramolecular Hbond substituents is 1. The van der Waals surface area contributed by atoms with Gasteiger partial charge < -0.3 is 15.6 Å². The molecule has 0 fully saturated rings. The molecule has 120 valence electrons. The SMILES string of the molecule is COc1cc(Br)cc(/C=N\NC(=O)Cc2ccc(N)cc2)c1O. The number of benzene rings is 2. The summed E-state index contributed by atoms with van der Waals surface area (Å²) in [5, 5.41) is 13.8. The van der Waals surface area contributed by atoms with Gasteiger partial charge in [0, 0.05) is 15.7 Å². The quantitative estimate of drug-likeness (QED) is 0.423. The van der Waals surface area contributed by atoms with Crippen molar-refractivity contribution in [3.05, 3.63) is 52.0 Å². The number of rotatable bonds is 5. The van der Waals surface area contributed by atoms with Crippen LogP contribution in [0.3, 0.4) is 0 Å². The van der Waals surface area contributed by atoms with E-state index in [0.29, 0.717) is 17.0 Å². The number of hydrogen-bond donors (Lipinski definition) is 3. The van der Waals surface area contributed by atoms with Crippen molar-refractivity contribution in [3.8, 4) is 11.5 Å². The fourth-order valence-corrected chi connectivity index (χ4v) is 2.34. The Hall–Kier alpha value is -2.54. The third-order valence-electron chi connectivity index (χ3n) is 3.03. The lowest BCUT2D eigenvalue weighted by molar-refractivity contribution is -0.120. The van der Waals surface area contributed by atoms with Gasteiger partial charge in [0.05, 0.1) is 19.7 Å². The number of nitrogen functional groups attached to an aromatic ring is 1. The molecule has 6 nitrogen and oxygen atoms in total. The number of halogens is 1. The van der Waals surface area contributed by atoms with Gasteiger partial charge >= 0.3 is 0 Å². The number of ether oxygens (including phenoxy) is 1. The van der Waals surface area contributed by atoms with Crippen molar-refractivity contribution >= 4 is 33.7 Å². The molecule has 2 aromatic rings. The lowest BCUT2D eigenvalue weighted by Crippen LogP contribution is -2.19. The lowest BCUT2D eigenvalue weighted by atomic mass is 10.1. The molecule has 0 heterocycles. The van der Waals surface area contributed by atoms with Gasteiger partial charge in [-0.25, -0.2) is 5.43 Å². The Labute approximate surface area is 142 Å². The first-order valence-corrected chi connectivity index (χ1v) is 7.51. The maximum absolute atomic E-state index is 11.8. The largest absolute Gasteiger partial charge is 0.504 e. The second-order valence-electron chi connectivity index (χ2n) is 4.76. The summed E-state index contributed by atoms with van der Waals surface area (Å²) in [5.74, 6) is -0.00580. The fourth-order valence-electron chi connectivity index (χ4n) is 1.88. The number of phenols is 1. The van der Waals surface area contributed by atoms with Gasteiger partial charge in [-0.3, -0.25) is 4.79 Å². The Morgan fingerprint density at radius 2 is 2.09 bits per heavy atom. The molecule has 0 unspecified atom stereocenters. The Kier molecular flexibility index (Phi) is 5.59. The molecule has 23 heavy (non-hydrogen) atoms. The van der Waals surface area contributed by atoms with E-state index >= 15 is 0 Å². The molecule has 7 heteroatoms. The predicted octanol–water partition coefficient (Wildman–Crippen LogP) is 2.44. The van der Waals surface area contributed by atoms with Crippen LogP contribution in [-0.4, -0.2) is 24.3 Å². The lowest BCUT2D eigenvalue weighted by Gasteiger charge is -2.06. The first kappa shape index (κ1) is 16.8. The van der Waals surface area contributed by atoms with Gasteiger partial charge in [0.15, 0.2) is 11.5 Å². The van der Waals surface area contributed by atoms with Crippen molar-refractivity contribution in [1.29, 1.82) is 0 Å². The van der Waals surface area contributed by atoms with Crippen LogP contribution in [-0.2, 0) is 11.2 Å². The van der Waals surface area contributed by atoms with E-state index in [4.69, 9.17) is 10.5 Å². The second kappa shape index (κ2) is 7.64. The van der Waals surface area contributed by atoms with Crippen LogP contribution < -0.4 is 15.9 Å². The van der Waals surface area contributed by atoms with E-state index < -0.39 is 0 Å². The highest BCUT2D eigenvalue weighted by Crippen LogP contribution is 2.32. The number of amides is 1. The molecule has 0 bridgehead atoms. The molecule has 1 amide bonds. The molecule has 0 saturated carbocycles. The van der Waals surface area contributed by atoms with E-state index in [1.807, 2.05) is 0 Å². The van der Waals surface area contributed by atoms with Crippen molar-refractivity contribution in [2.24, 2.45) is 5.10 Å². The number of nitrogens with zero attached hydrogens (tertiary/aromatic N) is 1. The summed E-state index contributed by atoms with van der Waals surface area (Å²) >= 11 is 3.31. The summed E-state index contributed by atoms with van der Waals surface area (Å²) in [6.07, 6.45) is 1.54. The molecule has 4 N–H and O–H groups in total. The van der Waals surface area contributed by atoms with E-state index in [2.05, 4.69) is 26.5 Å². The second-order valence-corrected chi connectivity index (χ2v) is 5.67. The summed E-state index contributed by atoms with van der Waals surface area (Å²) in [4.78, 5) is 11.8. The molecule has 0 aliphatic carbocycles. The van der Waals surface area contributed by atoms with E-state index in [0.717, 1.165) is 10.0 Å². The molecule has 0 atom stereocenters. The number of methoxy groups -OCH3 is 1. The minimum atomic E-state index is -0.271. The van der Waals surface area contributed by atoms with Crippen LogP contribution in [0.25, 0.3) is 0 Å². The van der Waals surface area contributed by atoms with Crippen LogP contribution in [0.15, 0.2) is 46.0 Å². The van der Waals surface area contributed by atoms with Crippen molar-refractivity contribution < 1.29 is 14.6 Å². The first-order valence-electron chi connectivity index (χ1n) is 6.72. The minimum absolute atomic E-state index is 0.0489. The highest BCUT2D eigenvalue weighted by atomic mass is 79.9. The third kappa shape index (κ3) is 4.72. The number of nitrogens with one attached hydrogen (secondary N) is 1. The Morgan fingerprint density at radius 1 is 1.39 bits per heavy atom. The summed E-state index contributed by atoms with van der Waals surface area (Å²) in [6.45, 7) is 0. The maximum Gasteiger partial charge on any atom is 0.244 e. The summed E-state index contributed by atoms with van der Waals surface area (Å²) < 4.78 is 5.77. The van der Waals surface area contributed by atoms with Crippen LogP contribution in [0.5, 0.6) is 11.5 Å². The first-order chi connectivity index (χ1) is 11.0. The fraction of sp³-hybridized carbons (Fsp3) is 0.125. The number of anilines is 1. The van der Waals surface area contributed by atoms with Gasteiger partial charge in [0.25, 0.3) is 0 Å². The van der Waals surface area contributed by atoms with Crippen LogP contribution in [0.4, 0.5) is 5.69 Å². The Morgan fingerprint density at radius 3 is 2.74 bits per heavy atom. The van der Waals surface area contributed by atoms with Crippen LogP contribution >= 0.6 is 15.9 Å². The van der Waals surface area contributed by atoms with E-state index in [1.54, 1.807) is 36.4 Å². The molecular weight excluding hydrogens is 362 g/mol. The number of aromatic hydroxyl groups is 1. The molecular formula is C16H16BrN3O3. The Bertz CT molecular complexity index is 730. The molecule has 0 aromatic heterocycles.